The fourth-order valence-corrected chi connectivity index (χ4v) is 2.36. The second-order valence-electron chi connectivity index (χ2n) is 3.62. The summed E-state index contributed by atoms with van der Waals surface area (Å²) in [6.07, 6.45) is -4.25. The summed E-state index contributed by atoms with van der Waals surface area (Å²) in [6.45, 7) is 0.253. The van der Waals surface area contributed by atoms with Gasteiger partial charge in [-0.25, -0.2) is 8.93 Å². The van der Waals surface area contributed by atoms with E-state index in [0.29, 0.717) is 0 Å². The molecule has 0 heterocycles. The van der Waals surface area contributed by atoms with Gasteiger partial charge in [0.25, 0.3) is 0 Å². The van der Waals surface area contributed by atoms with Crippen molar-refractivity contribution in [2.75, 3.05) is 6.54 Å². The molecule has 0 aromatic heterocycles. The van der Waals surface area contributed by atoms with Crippen LogP contribution < -0.4 is 4.72 Å². The number of carbonyl (C=O) groups excluding carboxylic acids is 1. The van der Waals surface area contributed by atoms with Gasteiger partial charge in [-0.3, -0.25) is 4.79 Å². The van der Waals surface area contributed by atoms with Crippen molar-refractivity contribution in [3.63, 3.8) is 0 Å². The Morgan fingerprint density at radius 2 is 2.05 bits per heavy atom. The Bertz CT molecular complexity index is 505. The third-order valence-corrected chi connectivity index (χ3v) is 3.60. The molecule has 1 rings (SSSR count). The molecule has 0 aliphatic heterocycles. The van der Waals surface area contributed by atoms with Crippen LogP contribution in [0.25, 0.3) is 0 Å². The molecule has 19 heavy (non-hydrogen) atoms. The van der Waals surface area contributed by atoms with E-state index in [2.05, 4.69) is 0 Å². The van der Waals surface area contributed by atoms with Crippen LogP contribution in [-0.2, 0) is 11.0 Å². The summed E-state index contributed by atoms with van der Waals surface area (Å²) < 4.78 is 49.4. The molecule has 0 amide bonds. The number of halogens is 4. The minimum Gasteiger partial charge on any atom is -0.294 e. The summed E-state index contributed by atoms with van der Waals surface area (Å²) in [5, 5.41) is 0.184. The third-order valence-electron chi connectivity index (χ3n) is 2.18. The molecule has 0 bridgehead atoms. The Hall–Kier alpha value is -0.920. The first kappa shape index (κ1) is 16.1. The Morgan fingerprint density at radius 3 is 2.58 bits per heavy atom. The summed E-state index contributed by atoms with van der Waals surface area (Å²) in [6, 6.07) is 3.90. The first-order valence-corrected chi connectivity index (χ1v) is 6.82. The lowest BCUT2D eigenvalue weighted by Crippen LogP contribution is -2.30. The SMILES string of the molecule is CCC(=O)c1cc(S(=O)NCC(F)(F)F)ccc1Cl. The number of alkyl halides is 3. The van der Waals surface area contributed by atoms with Crippen LogP contribution in [0.15, 0.2) is 23.1 Å². The monoisotopic (exact) mass is 313 g/mol. The molecule has 0 saturated heterocycles. The van der Waals surface area contributed by atoms with Gasteiger partial charge in [0, 0.05) is 12.0 Å². The van der Waals surface area contributed by atoms with Crippen molar-refractivity contribution in [2.24, 2.45) is 0 Å². The molecular formula is C11H11ClF3NO2S. The summed E-state index contributed by atoms with van der Waals surface area (Å²) in [4.78, 5) is 11.6. The van der Waals surface area contributed by atoms with E-state index in [1.165, 1.54) is 18.2 Å². The molecule has 3 nitrogen and oxygen atoms in total. The van der Waals surface area contributed by atoms with Crippen molar-refractivity contribution in [1.82, 2.24) is 4.72 Å². The first-order chi connectivity index (χ1) is 8.74. The van der Waals surface area contributed by atoms with Crippen LogP contribution in [0.2, 0.25) is 5.02 Å². The molecule has 0 aliphatic rings. The molecule has 1 aromatic rings. The predicted molar refractivity (Wildman–Crippen MR) is 66.5 cm³/mol. The number of benzene rings is 1. The van der Waals surface area contributed by atoms with Gasteiger partial charge < -0.3 is 0 Å². The number of ketones is 1. The van der Waals surface area contributed by atoms with E-state index in [-0.39, 0.29) is 27.7 Å². The number of hydrogen-bond acceptors (Lipinski definition) is 2. The highest BCUT2D eigenvalue weighted by atomic mass is 35.5. The van der Waals surface area contributed by atoms with Crippen LogP contribution in [0.5, 0.6) is 0 Å². The number of hydrogen-bond donors (Lipinski definition) is 1. The Labute approximate surface area is 115 Å². The van der Waals surface area contributed by atoms with Gasteiger partial charge in [0.15, 0.2) is 5.78 Å². The normalized spacial score (nSPS) is 13.3. The Kier molecular flexibility index (Phi) is 5.51. The van der Waals surface area contributed by atoms with Crippen molar-refractivity contribution in [3.05, 3.63) is 28.8 Å². The molecule has 8 heteroatoms. The van der Waals surface area contributed by atoms with Crippen LogP contribution in [0, 0.1) is 0 Å². The zero-order chi connectivity index (χ0) is 14.6. The average molecular weight is 314 g/mol. The second-order valence-corrected chi connectivity index (χ2v) is 5.33. The van der Waals surface area contributed by atoms with E-state index in [1.54, 1.807) is 6.92 Å². The smallest absolute Gasteiger partial charge is 0.294 e. The molecule has 0 aliphatic carbocycles. The molecule has 106 valence electrons. The quantitative estimate of drug-likeness (QED) is 0.849. The number of Topliss-reactive ketones (excluding diaryl/α,β-unsaturated/α-hetero) is 1. The third kappa shape index (κ3) is 4.93. The van der Waals surface area contributed by atoms with E-state index >= 15 is 0 Å². The van der Waals surface area contributed by atoms with E-state index in [4.69, 9.17) is 11.6 Å². The zero-order valence-corrected chi connectivity index (χ0v) is 11.5. The minimum absolute atomic E-state index is 0.0745. The second kappa shape index (κ2) is 6.49. The lowest BCUT2D eigenvalue weighted by atomic mass is 10.1. The Morgan fingerprint density at radius 1 is 1.42 bits per heavy atom. The summed E-state index contributed by atoms with van der Waals surface area (Å²) >= 11 is 5.80. The van der Waals surface area contributed by atoms with Gasteiger partial charge in [-0.2, -0.15) is 13.2 Å². The fourth-order valence-electron chi connectivity index (χ4n) is 1.25. The van der Waals surface area contributed by atoms with Crippen LogP contribution in [0.3, 0.4) is 0 Å². The topological polar surface area (TPSA) is 46.2 Å². The molecule has 1 unspecified atom stereocenters. The molecule has 1 atom stereocenters. The minimum atomic E-state index is -4.45. The van der Waals surface area contributed by atoms with E-state index in [9.17, 15) is 22.2 Å². The zero-order valence-electron chi connectivity index (χ0n) is 9.88. The summed E-state index contributed by atoms with van der Waals surface area (Å²) in [5.41, 5.74) is 0.156. The van der Waals surface area contributed by atoms with E-state index in [0.717, 1.165) is 0 Å². The van der Waals surface area contributed by atoms with E-state index < -0.39 is 23.7 Å². The van der Waals surface area contributed by atoms with Crippen LogP contribution in [0.4, 0.5) is 13.2 Å². The molecule has 0 spiro atoms. The van der Waals surface area contributed by atoms with Crippen LogP contribution in [-0.4, -0.2) is 22.7 Å². The van der Waals surface area contributed by atoms with Gasteiger partial charge in [-0.1, -0.05) is 18.5 Å². The predicted octanol–water partition coefficient (Wildman–Crippen LogP) is 3.11. The lowest BCUT2D eigenvalue weighted by Gasteiger charge is -2.09. The molecule has 1 N–H and O–H groups in total. The average Bonchev–Trinajstić information content (AvgIpc) is 2.34. The standard InChI is InChI=1S/C11H11ClF3NO2S/c1-2-10(17)8-5-7(3-4-9(8)12)19(18)16-6-11(13,14)15/h3-5,16H,2,6H2,1H3. The maximum atomic E-state index is 12.0. The van der Waals surface area contributed by atoms with Crippen molar-refractivity contribution in [3.8, 4) is 0 Å². The maximum absolute atomic E-state index is 12.0. The lowest BCUT2D eigenvalue weighted by molar-refractivity contribution is -0.121. The van der Waals surface area contributed by atoms with Gasteiger partial charge in [-0.15, -0.1) is 0 Å². The van der Waals surface area contributed by atoms with Gasteiger partial charge in [0.2, 0.25) is 0 Å². The van der Waals surface area contributed by atoms with E-state index in [1.807, 2.05) is 4.72 Å². The largest absolute Gasteiger partial charge is 0.402 e. The first-order valence-electron chi connectivity index (χ1n) is 5.29. The van der Waals surface area contributed by atoms with Crippen LogP contribution in [0.1, 0.15) is 23.7 Å². The Balaban J connectivity index is 2.90. The van der Waals surface area contributed by atoms with Gasteiger partial charge in [0.05, 0.1) is 9.92 Å². The van der Waals surface area contributed by atoms with Crippen molar-refractivity contribution in [1.29, 1.82) is 0 Å². The highest BCUT2D eigenvalue weighted by molar-refractivity contribution is 7.83. The molecule has 0 fully saturated rings. The maximum Gasteiger partial charge on any atom is 0.402 e. The van der Waals surface area contributed by atoms with Gasteiger partial charge in [-0.05, 0) is 18.2 Å². The number of nitrogens with one attached hydrogen (secondary N) is 1. The molecule has 0 radical (unpaired) electrons. The summed E-state index contributed by atoms with van der Waals surface area (Å²) in [7, 11) is -2.05. The number of rotatable bonds is 5. The van der Waals surface area contributed by atoms with Gasteiger partial charge >= 0.3 is 6.18 Å². The van der Waals surface area contributed by atoms with Crippen LogP contribution >= 0.6 is 11.6 Å². The van der Waals surface area contributed by atoms with Crippen molar-refractivity contribution < 1.29 is 22.2 Å². The highest BCUT2D eigenvalue weighted by Gasteiger charge is 2.27. The molecule has 0 saturated carbocycles. The van der Waals surface area contributed by atoms with Crippen molar-refractivity contribution >= 4 is 28.4 Å². The molecular weight excluding hydrogens is 303 g/mol. The van der Waals surface area contributed by atoms with Gasteiger partial charge in [0.1, 0.15) is 17.5 Å². The number of carbonyl (C=O) groups is 1. The highest BCUT2D eigenvalue weighted by Crippen LogP contribution is 2.21. The fraction of sp³-hybridized carbons (Fsp3) is 0.364. The molecule has 1 aromatic carbocycles. The summed E-state index contributed by atoms with van der Waals surface area (Å²) in [5.74, 6) is -0.264. The van der Waals surface area contributed by atoms with Crippen molar-refractivity contribution in [2.45, 2.75) is 24.4 Å².